The molecule has 0 aliphatic heterocycles. The van der Waals surface area contributed by atoms with Crippen LogP contribution in [0.4, 0.5) is 11.4 Å². The second kappa shape index (κ2) is 4.52. The number of aromatic nitrogens is 2. The van der Waals surface area contributed by atoms with Crippen LogP contribution in [0.15, 0.2) is 24.4 Å². The Morgan fingerprint density at radius 3 is 2.67 bits per heavy atom. The third kappa shape index (κ3) is 2.34. The summed E-state index contributed by atoms with van der Waals surface area (Å²) in [6.45, 7) is 3.78. The van der Waals surface area contributed by atoms with Gasteiger partial charge in [0.1, 0.15) is 0 Å². The van der Waals surface area contributed by atoms with Gasteiger partial charge in [-0.2, -0.15) is 5.10 Å². The first kappa shape index (κ1) is 12.2. The third-order valence-corrected chi connectivity index (χ3v) is 2.71. The van der Waals surface area contributed by atoms with Crippen LogP contribution in [0.5, 0.6) is 0 Å². The normalized spacial score (nSPS) is 10.4. The summed E-state index contributed by atoms with van der Waals surface area (Å²) >= 11 is 0. The van der Waals surface area contributed by atoms with E-state index in [2.05, 4.69) is 10.4 Å². The average molecular weight is 244 g/mol. The van der Waals surface area contributed by atoms with E-state index in [0.29, 0.717) is 16.9 Å². The number of nitrogens with one attached hydrogen (secondary N) is 1. The molecule has 0 bridgehead atoms. The van der Waals surface area contributed by atoms with Crippen molar-refractivity contribution in [2.24, 2.45) is 7.05 Å². The van der Waals surface area contributed by atoms with Crippen LogP contribution in [0.3, 0.4) is 0 Å². The van der Waals surface area contributed by atoms with Crippen molar-refractivity contribution >= 4 is 17.3 Å². The molecular formula is C13H16N4O. The predicted molar refractivity (Wildman–Crippen MR) is 71.5 cm³/mol. The summed E-state index contributed by atoms with van der Waals surface area (Å²) < 4.78 is 1.66. The molecule has 0 saturated heterocycles. The second-order valence-electron chi connectivity index (χ2n) is 4.35. The van der Waals surface area contributed by atoms with Gasteiger partial charge in [0.2, 0.25) is 0 Å². The lowest BCUT2D eigenvalue weighted by molar-refractivity contribution is 0.102. The van der Waals surface area contributed by atoms with Crippen molar-refractivity contribution in [3.63, 3.8) is 0 Å². The highest BCUT2D eigenvalue weighted by Crippen LogP contribution is 2.17. The molecular weight excluding hydrogens is 228 g/mol. The Bertz CT molecular complexity index is 601. The molecule has 2 rings (SSSR count). The molecule has 3 N–H and O–H groups in total. The average Bonchev–Trinajstić information content (AvgIpc) is 2.57. The first-order valence-corrected chi connectivity index (χ1v) is 5.65. The van der Waals surface area contributed by atoms with Crippen molar-refractivity contribution in [3.8, 4) is 0 Å². The van der Waals surface area contributed by atoms with E-state index in [1.807, 2.05) is 27.0 Å². The van der Waals surface area contributed by atoms with Crippen LogP contribution in [0.1, 0.15) is 21.6 Å². The Balaban J connectivity index is 2.24. The molecule has 0 aliphatic rings. The minimum absolute atomic E-state index is 0.219. The molecule has 1 aromatic carbocycles. The number of nitrogens with zero attached hydrogens (tertiary/aromatic N) is 2. The molecule has 5 nitrogen and oxygen atoms in total. The first-order valence-electron chi connectivity index (χ1n) is 5.65. The molecule has 18 heavy (non-hydrogen) atoms. The minimum Gasteiger partial charge on any atom is -0.398 e. The minimum atomic E-state index is -0.219. The number of carbonyl (C=O) groups is 1. The number of rotatable bonds is 2. The lowest BCUT2D eigenvalue weighted by Crippen LogP contribution is -2.14. The fraction of sp³-hybridized carbons (Fsp3) is 0.231. The number of anilines is 2. The van der Waals surface area contributed by atoms with E-state index in [0.717, 1.165) is 11.3 Å². The van der Waals surface area contributed by atoms with Crippen LogP contribution in [0.2, 0.25) is 0 Å². The van der Waals surface area contributed by atoms with Crippen molar-refractivity contribution in [2.45, 2.75) is 13.8 Å². The Hall–Kier alpha value is -2.30. The van der Waals surface area contributed by atoms with E-state index in [1.54, 1.807) is 23.0 Å². The lowest BCUT2D eigenvalue weighted by Gasteiger charge is -2.07. The fourth-order valence-electron chi connectivity index (χ4n) is 1.80. The smallest absolute Gasteiger partial charge is 0.257 e. The molecule has 0 unspecified atom stereocenters. The molecule has 0 aliphatic carbocycles. The number of nitrogen functional groups attached to an aromatic ring is 1. The number of benzene rings is 1. The number of hydrogen-bond acceptors (Lipinski definition) is 3. The summed E-state index contributed by atoms with van der Waals surface area (Å²) in [4.78, 5) is 12.1. The fourth-order valence-corrected chi connectivity index (χ4v) is 1.80. The number of hydrogen-bond donors (Lipinski definition) is 2. The monoisotopic (exact) mass is 244 g/mol. The Morgan fingerprint density at radius 1 is 1.39 bits per heavy atom. The van der Waals surface area contributed by atoms with Crippen LogP contribution < -0.4 is 11.1 Å². The molecule has 94 valence electrons. The lowest BCUT2D eigenvalue weighted by atomic mass is 10.1. The maximum atomic E-state index is 12.1. The van der Waals surface area contributed by atoms with Gasteiger partial charge in [0.15, 0.2) is 0 Å². The summed E-state index contributed by atoms with van der Waals surface area (Å²) in [5.74, 6) is -0.219. The predicted octanol–water partition coefficient (Wildman–Crippen LogP) is 1.87. The molecule has 0 radical (unpaired) electrons. The van der Waals surface area contributed by atoms with Crippen molar-refractivity contribution < 1.29 is 4.79 Å². The summed E-state index contributed by atoms with van der Waals surface area (Å²) in [7, 11) is 1.81. The van der Waals surface area contributed by atoms with E-state index < -0.39 is 0 Å². The van der Waals surface area contributed by atoms with Gasteiger partial charge in [-0.3, -0.25) is 9.48 Å². The molecule has 1 amide bonds. The van der Waals surface area contributed by atoms with Crippen molar-refractivity contribution in [1.29, 1.82) is 0 Å². The zero-order valence-electron chi connectivity index (χ0n) is 10.7. The molecule has 0 atom stereocenters. The van der Waals surface area contributed by atoms with Crippen LogP contribution in [-0.2, 0) is 7.05 Å². The van der Waals surface area contributed by atoms with E-state index in [9.17, 15) is 4.79 Å². The van der Waals surface area contributed by atoms with Crippen LogP contribution >= 0.6 is 0 Å². The van der Waals surface area contributed by atoms with Gasteiger partial charge in [0.05, 0.1) is 16.9 Å². The standard InChI is InChI=1S/C13H16N4O/c1-8-4-5-10(11(14)6-8)13(18)15-12-7-17(3)16-9(12)2/h4-7H,14H2,1-3H3,(H,15,18). The zero-order valence-corrected chi connectivity index (χ0v) is 10.7. The maximum Gasteiger partial charge on any atom is 0.257 e. The van der Waals surface area contributed by atoms with Gasteiger partial charge in [-0.1, -0.05) is 6.07 Å². The molecule has 1 aromatic heterocycles. The van der Waals surface area contributed by atoms with Crippen LogP contribution in [0, 0.1) is 13.8 Å². The van der Waals surface area contributed by atoms with Gasteiger partial charge >= 0.3 is 0 Å². The highest BCUT2D eigenvalue weighted by molar-refractivity contribution is 6.07. The van der Waals surface area contributed by atoms with Crippen molar-refractivity contribution in [1.82, 2.24) is 9.78 Å². The van der Waals surface area contributed by atoms with Gasteiger partial charge in [0.25, 0.3) is 5.91 Å². The number of nitrogens with two attached hydrogens (primary N) is 1. The van der Waals surface area contributed by atoms with Crippen LogP contribution in [-0.4, -0.2) is 15.7 Å². The van der Waals surface area contributed by atoms with E-state index in [-0.39, 0.29) is 5.91 Å². The first-order chi connectivity index (χ1) is 8.47. The molecule has 2 aromatic rings. The topological polar surface area (TPSA) is 72.9 Å². The maximum absolute atomic E-state index is 12.1. The summed E-state index contributed by atoms with van der Waals surface area (Å²) in [6, 6.07) is 5.37. The zero-order chi connectivity index (χ0) is 13.3. The second-order valence-corrected chi connectivity index (χ2v) is 4.35. The number of aryl methyl sites for hydroxylation is 3. The molecule has 5 heteroatoms. The quantitative estimate of drug-likeness (QED) is 0.792. The number of amides is 1. The summed E-state index contributed by atoms with van der Waals surface area (Å²) in [5.41, 5.74) is 9.29. The highest BCUT2D eigenvalue weighted by Gasteiger charge is 2.12. The van der Waals surface area contributed by atoms with E-state index in [4.69, 9.17) is 5.73 Å². The van der Waals surface area contributed by atoms with Gasteiger partial charge < -0.3 is 11.1 Å². The molecule has 0 saturated carbocycles. The van der Waals surface area contributed by atoms with Crippen LogP contribution in [0.25, 0.3) is 0 Å². The van der Waals surface area contributed by atoms with Gasteiger partial charge in [0, 0.05) is 18.9 Å². The summed E-state index contributed by atoms with van der Waals surface area (Å²) in [6.07, 6.45) is 1.76. The third-order valence-electron chi connectivity index (χ3n) is 2.71. The van der Waals surface area contributed by atoms with Gasteiger partial charge in [-0.15, -0.1) is 0 Å². The Labute approximate surface area is 106 Å². The van der Waals surface area contributed by atoms with E-state index >= 15 is 0 Å². The molecule has 1 heterocycles. The Morgan fingerprint density at radius 2 is 2.11 bits per heavy atom. The summed E-state index contributed by atoms with van der Waals surface area (Å²) in [5, 5.41) is 6.97. The Kier molecular flexibility index (Phi) is 3.06. The molecule has 0 fully saturated rings. The SMILES string of the molecule is Cc1ccc(C(=O)Nc2cn(C)nc2C)c(N)c1. The number of carbonyl (C=O) groups excluding carboxylic acids is 1. The van der Waals surface area contributed by atoms with Crippen molar-refractivity contribution in [3.05, 3.63) is 41.2 Å². The van der Waals surface area contributed by atoms with E-state index in [1.165, 1.54) is 0 Å². The van der Waals surface area contributed by atoms with Gasteiger partial charge in [-0.05, 0) is 31.5 Å². The van der Waals surface area contributed by atoms with Crippen molar-refractivity contribution in [2.75, 3.05) is 11.1 Å². The highest BCUT2D eigenvalue weighted by atomic mass is 16.1. The van der Waals surface area contributed by atoms with Gasteiger partial charge in [-0.25, -0.2) is 0 Å². The largest absolute Gasteiger partial charge is 0.398 e. The molecule has 0 spiro atoms.